The zero-order valence-corrected chi connectivity index (χ0v) is 23.8. The van der Waals surface area contributed by atoms with Gasteiger partial charge >= 0.3 is 11.7 Å². The number of anilines is 1. The summed E-state index contributed by atoms with van der Waals surface area (Å²) < 4.78 is 1.45. The van der Waals surface area contributed by atoms with Crippen molar-refractivity contribution in [1.82, 2.24) is 24.3 Å². The van der Waals surface area contributed by atoms with Gasteiger partial charge in [0.2, 0.25) is 5.91 Å². The van der Waals surface area contributed by atoms with Crippen LogP contribution in [-0.2, 0) is 11.3 Å². The van der Waals surface area contributed by atoms with E-state index in [9.17, 15) is 14.4 Å². The summed E-state index contributed by atoms with van der Waals surface area (Å²) in [5.41, 5.74) is 12.5. The molecule has 1 aromatic carbocycles. The quantitative estimate of drug-likeness (QED) is 0.468. The normalized spacial score (nSPS) is 19.6. The maximum atomic E-state index is 12.7. The molecular weight excluding hydrogens is 520 g/mol. The van der Waals surface area contributed by atoms with Gasteiger partial charge in [-0.1, -0.05) is 19.1 Å². The number of hydrogen-bond donors (Lipinski definition) is 3. The van der Waals surface area contributed by atoms with Crippen LogP contribution < -0.4 is 22.5 Å². The first kappa shape index (κ1) is 30.6. The minimum Gasteiger partial charge on any atom is -0.338 e. The third-order valence-corrected chi connectivity index (χ3v) is 7.41. The van der Waals surface area contributed by atoms with Crippen molar-refractivity contribution in [2.75, 3.05) is 38.0 Å². The molecule has 1 aliphatic heterocycles. The number of nitrogens with one attached hydrogen (secondary N) is 1. The van der Waals surface area contributed by atoms with E-state index in [2.05, 4.69) is 22.1 Å². The molecular formula is C27H41ClN8O3. The molecule has 12 heteroatoms. The molecule has 4 rings (SSSR count). The summed E-state index contributed by atoms with van der Waals surface area (Å²) >= 11 is 0. The molecule has 0 unspecified atom stereocenters. The van der Waals surface area contributed by atoms with E-state index >= 15 is 0 Å². The van der Waals surface area contributed by atoms with E-state index < -0.39 is 11.2 Å². The number of benzene rings is 1. The van der Waals surface area contributed by atoms with Crippen LogP contribution in [0.15, 0.2) is 41.3 Å². The number of amides is 3. The number of aromatic nitrogens is 2. The fourth-order valence-corrected chi connectivity index (χ4v) is 5.20. The van der Waals surface area contributed by atoms with Gasteiger partial charge < -0.3 is 21.3 Å². The van der Waals surface area contributed by atoms with Gasteiger partial charge in [0.1, 0.15) is 5.82 Å². The topological polar surface area (TPSA) is 143 Å². The van der Waals surface area contributed by atoms with Crippen LogP contribution in [0.5, 0.6) is 0 Å². The predicted molar refractivity (Wildman–Crippen MR) is 154 cm³/mol. The number of nitrogens with zero attached hydrogens (tertiary/aromatic N) is 5. The number of rotatable bonds is 7. The number of hydrogen-bond acceptors (Lipinski definition) is 7. The Hall–Kier alpha value is -2.99. The van der Waals surface area contributed by atoms with E-state index in [-0.39, 0.29) is 30.2 Å². The van der Waals surface area contributed by atoms with E-state index in [1.165, 1.54) is 10.1 Å². The molecule has 214 valence electrons. The molecule has 2 aliphatic rings. The second-order valence-electron chi connectivity index (χ2n) is 10.9. The fraction of sp³-hybridized carbons (Fsp3) is 0.556. The first-order valence-electron chi connectivity index (χ1n) is 13.4. The lowest BCUT2D eigenvalue weighted by Gasteiger charge is -2.37. The van der Waals surface area contributed by atoms with Crippen LogP contribution in [0.3, 0.4) is 0 Å². The SMILES string of the molecule is CCN(Cc1ccc(-n2ccc(NC(=O)N3CCN(C(=O)C(C)(C)N)CC3)nc2=O)cc1)[C@H]1CC[C@@H](N)C1.Cl. The van der Waals surface area contributed by atoms with Gasteiger partial charge in [-0.2, -0.15) is 4.98 Å². The summed E-state index contributed by atoms with van der Waals surface area (Å²) in [4.78, 5) is 47.6. The van der Waals surface area contributed by atoms with Crippen molar-refractivity contribution in [3.8, 4) is 5.69 Å². The summed E-state index contributed by atoms with van der Waals surface area (Å²) in [6, 6.07) is 9.95. The third-order valence-electron chi connectivity index (χ3n) is 7.41. The first-order chi connectivity index (χ1) is 18.0. The van der Waals surface area contributed by atoms with Gasteiger partial charge in [0.05, 0.1) is 11.2 Å². The highest BCUT2D eigenvalue weighted by molar-refractivity contribution is 5.89. The van der Waals surface area contributed by atoms with Gasteiger partial charge in [0, 0.05) is 51.0 Å². The van der Waals surface area contributed by atoms with Gasteiger partial charge in [-0.25, -0.2) is 9.59 Å². The lowest BCUT2D eigenvalue weighted by molar-refractivity contribution is -0.137. The van der Waals surface area contributed by atoms with Crippen LogP contribution in [0.2, 0.25) is 0 Å². The number of urea groups is 1. The van der Waals surface area contributed by atoms with Crippen LogP contribution in [0.1, 0.15) is 45.6 Å². The molecule has 2 aromatic rings. The molecule has 2 heterocycles. The number of carbonyl (C=O) groups excluding carboxylic acids is 2. The Morgan fingerprint density at radius 3 is 2.26 bits per heavy atom. The van der Waals surface area contributed by atoms with Crippen molar-refractivity contribution in [2.45, 2.75) is 64.2 Å². The van der Waals surface area contributed by atoms with Gasteiger partial charge in [0.15, 0.2) is 0 Å². The third kappa shape index (κ3) is 7.57. The van der Waals surface area contributed by atoms with Gasteiger partial charge in [-0.05, 0) is 63.4 Å². The Labute approximate surface area is 235 Å². The fourth-order valence-electron chi connectivity index (χ4n) is 5.20. The molecule has 39 heavy (non-hydrogen) atoms. The molecule has 1 aliphatic carbocycles. The largest absolute Gasteiger partial charge is 0.354 e. The molecule has 0 bridgehead atoms. The van der Waals surface area contributed by atoms with Crippen LogP contribution in [0.4, 0.5) is 10.6 Å². The van der Waals surface area contributed by atoms with E-state index in [0.29, 0.717) is 44.0 Å². The maximum Gasteiger partial charge on any atom is 0.354 e. The van der Waals surface area contributed by atoms with Crippen LogP contribution >= 0.6 is 12.4 Å². The Morgan fingerprint density at radius 1 is 1.08 bits per heavy atom. The molecule has 2 fully saturated rings. The zero-order chi connectivity index (χ0) is 27.4. The van der Waals surface area contributed by atoms with Crippen molar-refractivity contribution in [1.29, 1.82) is 0 Å². The standard InChI is InChI=1S/C27H40N8O3.ClH/c1-4-32(22-10-7-20(28)17-22)18-19-5-8-21(9-6-19)35-12-11-23(31-26(35)38)30-25(37)34-15-13-33(14-16-34)24(36)27(2,3)29;/h5-6,8-9,11-12,20,22H,4,7,10,13-18,28-29H2,1-3H3,(H,30,31,37,38);1H/t20-,22+;/m1./s1. The molecule has 1 saturated heterocycles. The summed E-state index contributed by atoms with van der Waals surface area (Å²) in [7, 11) is 0. The van der Waals surface area contributed by atoms with Crippen molar-refractivity contribution < 1.29 is 9.59 Å². The minimum absolute atomic E-state index is 0. The van der Waals surface area contributed by atoms with Gasteiger partial charge in [-0.3, -0.25) is 19.6 Å². The molecule has 1 saturated carbocycles. The van der Waals surface area contributed by atoms with Crippen molar-refractivity contribution in [3.63, 3.8) is 0 Å². The second kappa shape index (κ2) is 12.9. The van der Waals surface area contributed by atoms with E-state index in [1.54, 1.807) is 35.9 Å². The Balaban J connectivity index is 0.00000420. The average molecular weight is 561 g/mol. The summed E-state index contributed by atoms with van der Waals surface area (Å²) in [5, 5.41) is 2.69. The highest BCUT2D eigenvalue weighted by Crippen LogP contribution is 2.24. The van der Waals surface area contributed by atoms with Crippen molar-refractivity contribution in [2.24, 2.45) is 11.5 Å². The van der Waals surface area contributed by atoms with Crippen LogP contribution in [0, 0.1) is 0 Å². The lowest BCUT2D eigenvalue weighted by atomic mass is 10.1. The molecule has 0 spiro atoms. The van der Waals surface area contributed by atoms with E-state index in [0.717, 1.165) is 32.4 Å². The van der Waals surface area contributed by atoms with E-state index in [4.69, 9.17) is 11.5 Å². The zero-order valence-electron chi connectivity index (χ0n) is 23.0. The Morgan fingerprint density at radius 2 is 1.72 bits per heavy atom. The van der Waals surface area contributed by atoms with Crippen molar-refractivity contribution in [3.05, 3.63) is 52.6 Å². The highest BCUT2D eigenvalue weighted by atomic mass is 35.5. The van der Waals surface area contributed by atoms with Gasteiger partial charge in [0.25, 0.3) is 0 Å². The predicted octanol–water partition coefficient (Wildman–Crippen LogP) is 1.77. The molecule has 2 atom stereocenters. The Bertz CT molecular complexity index is 1190. The van der Waals surface area contributed by atoms with Crippen molar-refractivity contribution >= 4 is 30.2 Å². The lowest BCUT2D eigenvalue weighted by Crippen LogP contribution is -2.58. The first-order valence-corrected chi connectivity index (χ1v) is 13.4. The summed E-state index contributed by atoms with van der Waals surface area (Å²) in [6.45, 7) is 8.89. The summed E-state index contributed by atoms with van der Waals surface area (Å²) in [6.07, 6.45) is 4.87. The molecule has 1 aromatic heterocycles. The minimum atomic E-state index is -0.946. The number of piperazine rings is 1. The average Bonchev–Trinajstić information content (AvgIpc) is 3.33. The molecule has 0 radical (unpaired) electrons. The Kier molecular flexibility index (Phi) is 10.1. The smallest absolute Gasteiger partial charge is 0.338 e. The van der Waals surface area contributed by atoms with Gasteiger partial charge in [-0.15, -0.1) is 12.4 Å². The summed E-state index contributed by atoms with van der Waals surface area (Å²) in [5.74, 6) is 0.0416. The van der Waals surface area contributed by atoms with Crippen LogP contribution in [0.25, 0.3) is 5.69 Å². The van der Waals surface area contributed by atoms with Crippen LogP contribution in [-0.4, -0.2) is 86.5 Å². The molecule has 5 N–H and O–H groups in total. The number of halogens is 1. The monoisotopic (exact) mass is 560 g/mol. The highest BCUT2D eigenvalue weighted by Gasteiger charge is 2.31. The second-order valence-corrected chi connectivity index (χ2v) is 10.9. The number of carbonyl (C=O) groups is 2. The number of nitrogens with two attached hydrogens (primary N) is 2. The maximum absolute atomic E-state index is 12.7. The molecule has 11 nitrogen and oxygen atoms in total. The van der Waals surface area contributed by atoms with E-state index in [1.807, 2.05) is 24.3 Å². The molecule has 3 amide bonds.